The van der Waals surface area contributed by atoms with Crippen molar-refractivity contribution in [2.75, 3.05) is 13.1 Å². The molecule has 3 aromatic rings. The topological polar surface area (TPSA) is 41.3 Å². The Morgan fingerprint density at radius 2 is 1.81 bits per heavy atom. The Bertz CT molecular complexity index is 808. The molecule has 1 N–H and O–H groups in total. The molecule has 1 aliphatic heterocycles. The lowest BCUT2D eigenvalue weighted by Crippen LogP contribution is -2.35. The van der Waals surface area contributed by atoms with E-state index < -0.39 is 0 Å². The van der Waals surface area contributed by atoms with E-state index in [-0.39, 0.29) is 6.10 Å². The summed E-state index contributed by atoms with van der Waals surface area (Å²) in [5, 5.41) is 14.9. The van der Waals surface area contributed by atoms with Crippen LogP contribution in [0.1, 0.15) is 30.1 Å². The average Bonchev–Trinajstić information content (AvgIpc) is 3.24. The maximum Gasteiger partial charge on any atom is 0.0819 e. The van der Waals surface area contributed by atoms with Crippen LogP contribution in [0.15, 0.2) is 73.1 Å². The van der Waals surface area contributed by atoms with Crippen molar-refractivity contribution in [2.24, 2.45) is 5.92 Å². The molecule has 1 aliphatic rings. The van der Waals surface area contributed by atoms with E-state index >= 15 is 0 Å². The third-order valence-electron chi connectivity index (χ3n) is 5.31. The summed E-state index contributed by atoms with van der Waals surface area (Å²) in [7, 11) is 0. The molecular formula is C22H25N3O. The fraction of sp³-hybridized carbons (Fsp3) is 0.318. The van der Waals surface area contributed by atoms with Gasteiger partial charge in [-0.05, 0) is 61.2 Å². The summed E-state index contributed by atoms with van der Waals surface area (Å²) in [5.41, 5.74) is 3.44. The highest BCUT2D eigenvalue weighted by molar-refractivity contribution is 5.35. The van der Waals surface area contributed by atoms with Crippen molar-refractivity contribution >= 4 is 0 Å². The van der Waals surface area contributed by atoms with Crippen molar-refractivity contribution in [3.8, 4) is 5.69 Å². The summed E-state index contributed by atoms with van der Waals surface area (Å²) in [5.74, 6) is 0.351. The lowest BCUT2D eigenvalue weighted by molar-refractivity contribution is 0.0568. The molecule has 0 radical (unpaired) electrons. The van der Waals surface area contributed by atoms with E-state index in [1.54, 1.807) is 6.20 Å². The average molecular weight is 347 g/mol. The first kappa shape index (κ1) is 17.0. The van der Waals surface area contributed by atoms with Gasteiger partial charge >= 0.3 is 0 Å². The van der Waals surface area contributed by atoms with Gasteiger partial charge in [0.05, 0.1) is 11.8 Å². The van der Waals surface area contributed by atoms with E-state index in [4.69, 9.17) is 0 Å². The standard InChI is InChI=1S/C22H25N3O/c26-22(19-7-2-1-3-8-19)20-10-14-24(15-11-20)17-18-6-4-9-21(16-18)25-13-5-12-23-25/h1-9,12-13,16,20,22,26H,10-11,14-15,17H2. The van der Waals surface area contributed by atoms with Crippen LogP contribution < -0.4 is 0 Å². The Hall–Kier alpha value is -2.43. The van der Waals surface area contributed by atoms with Gasteiger partial charge in [-0.15, -0.1) is 0 Å². The number of aromatic nitrogens is 2. The number of benzene rings is 2. The van der Waals surface area contributed by atoms with Crippen LogP contribution in [-0.2, 0) is 6.54 Å². The minimum Gasteiger partial charge on any atom is -0.388 e. The summed E-state index contributed by atoms with van der Waals surface area (Å²) in [6.07, 6.45) is 5.50. The third kappa shape index (κ3) is 3.87. The fourth-order valence-corrected chi connectivity index (χ4v) is 3.83. The number of piperidine rings is 1. The van der Waals surface area contributed by atoms with Crippen LogP contribution in [0.2, 0.25) is 0 Å². The molecule has 1 fully saturated rings. The molecule has 0 bridgehead atoms. The van der Waals surface area contributed by atoms with Crippen LogP contribution in [0.4, 0.5) is 0 Å². The number of nitrogens with zero attached hydrogens (tertiary/aromatic N) is 3. The second-order valence-corrected chi connectivity index (χ2v) is 7.09. The van der Waals surface area contributed by atoms with Gasteiger partial charge in [0.25, 0.3) is 0 Å². The van der Waals surface area contributed by atoms with E-state index in [1.807, 2.05) is 47.3 Å². The minimum atomic E-state index is -0.346. The highest BCUT2D eigenvalue weighted by Crippen LogP contribution is 2.31. The molecule has 2 aromatic carbocycles. The highest BCUT2D eigenvalue weighted by Gasteiger charge is 2.26. The molecule has 1 saturated heterocycles. The van der Waals surface area contributed by atoms with Gasteiger partial charge in [-0.2, -0.15) is 5.10 Å². The van der Waals surface area contributed by atoms with Crippen molar-refractivity contribution in [1.82, 2.24) is 14.7 Å². The van der Waals surface area contributed by atoms with Crippen LogP contribution in [0.5, 0.6) is 0 Å². The van der Waals surface area contributed by atoms with Gasteiger partial charge < -0.3 is 5.11 Å². The van der Waals surface area contributed by atoms with E-state index in [0.717, 1.165) is 43.7 Å². The van der Waals surface area contributed by atoms with Gasteiger partial charge in [0, 0.05) is 18.9 Å². The molecule has 4 rings (SSSR count). The van der Waals surface area contributed by atoms with Gasteiger partial charge in [0.15, 0.2) is 0 Å². The Kier molecular flexibility index (Phi) is 5.14. The number of hydrogen-bond acceptors (Lipinski definition) is 3. The van der Waals surface area contributed by atoms with E-state index in [9.17, 15) is 5.11 Å². The van der Waals surface area contributed by atoms with Crippen molar-refractivity contribution < 1.29 is 5.11 Å². The molecule has 0 saturated carbocycles. The van der Waals surface area contributed by atoms with Gasteiger partial charge in [0.1, 0.15) is 0 Å². The zero-order chi connectivity index (χ0) is 17.8. The maximum atomic E-state index is 10.6. The number of aliphatic hydroxyl groups is 1. The quantitative estimate of drug-likeness (QED) is 0.763. The van der Waals surface area contributed by atoms with Crippen LogP contribution in [0, 0.1) is 5.92 Å². The first-order chi connectivity index (χ1) is 12.8. The Morgan fingerprint density at radius 3 is 2.54 bits per heavy atom. The van der Waals surface area contributed by atoms with Crippen molar-refractivity contribution in [3.05, 3.63) is 84.2 Å². The van der Waals surface area contributed by atoms with E-state index in [2.05, 4.69) is 34.3 Å². The molecular weight excluding hydrogens is 322 g/mol. The summed E-state index contributed by atoms with van der Waals surface area (Å²) < 4.78 is 1.89. The SMILES string of the molecule is OC(c1ccccc1)C1CCN(Cc2cccc(-n3cccn3)c2)CC1. The first-order valence-electron chi connectivity index (χ1n) is 9.34. The Morgan fingerprint density at radius 1 is 1.00 bits per heavy atom. The van der Waals surface area contributed by atoms with Gasteiger partial charge in [-0.1, -0.05) is 42.5 Å². The molecule has 0 aliphatic carbocycles. The molecule has 0 amide bonds. The lowest BCUT2D eigenvalue weighted by Gasteiger charge is -2.34. The predicted octanol–water partition coefficient (Wildman–Crippen LogP) is 3.82. The van der Waals surface area contributed by atoms with Crippen molar-refractivity contribution in [3.63, 3.8) is 0 Å². The largest absolute Gasteiger partial charge is 0.388 e. The number of rotatable bonds is 5. The predicted molar refractivity (Wildman–Crippen MR) is 103 cm³/mol. The van der Waals surface area contributed by atoms with Crippen LogP contribution in [0.25, 0.3) is 5.69 Å². The van der Waals surface area contributed by atoms with E-state index in [0.29, 0.717) is 5.92 Å². The van der Waals surface area contributed by atoms with Crippen LogP contribution in [-0.4, -0.2) is 32.9 Å². The monoisotopic (exact) mass is 347 g/mol. The molecule has 0 spiro atoms. The summed E-state index contributed by atoms with van der Waals surface area (Å²) in [4.78, 5) is 2.48. The first-order valence-corrected chi connectivity index (χ1v) is 9.34. The molecule has 1 unspecified atom stereocenters. The van der Waals surface area contributed by atoms with Crippen molar-refractivity contribution in [2.45, 2.75) is 25.5 Å². The zero-order valence-corrected chi connectivity index (χ0v) is 14.9. The smallest absolute Gasteiger partial charge is 0.0819 e. The fourth-order valence-electron chi connectivity index (χ4n) is 3.83. The zero-order valence-electron chi connectivity index (χ0n) is 14.9. The highest BCUT2D eigenvalue weighted by atomic mass is 16.3. The third-order valence-corrected chi connectivity index (χ3v) is 5.31. The van der Waals surface area contributed by atoms with Crippen LogP contribution in [0.3, 0.4) is 0 Å². The molecule has 1 aromatic heterocycles. The number of aliphatic hydroxyl groups excluding tert-OH is 1. The molecule has 4 nitrogen and oxygen atoms in total. The van der Waals surface area contributed by atoms with E-state index in [1.165, 1.54) is 5.56 Å². The number of likely N-dealkylation sites (tertiary alicyclic amines) is 1. The Labute approximate surface area is 154 Å². The maximum absolute atomic E-state index is 10.6. The van der Waals surface area contributed by atoms with Gasteiger partial charge in [-0.3, -0.25) is 4.90 Å². The van der Waals surface area contributed by atoms with Crippen LogP contribution >= 0.6 is 0 Å². The summed E-state index contributed by atoms with van der Waals surface area (Å²) >= 11 is 0. The summed E-state index contributed by atoms with van der Waals surface area (Å²) in [6, 6.07) is 20.6. The number of hydrogen-bond donors (Lipinski definition) is 1. The Balaban J connectivity index is 1.35. The normalized spacial score (nSPS) is 17.3. The second kappa shape index (κ2) is 7.85. The summed E-state index contributed by atoms with van der Waals surface area (Å²) in [6.45, 7) is 3.00. The van der Waals surface area contributed by atoms with Gasteiger partial charge in [0.2, 0.25) is 0 Å². The molecule has 26 heavy (non-hydrogen) atoms. The minimum absolute atomic E-state index is 0.346. The molecule has 2 heterocycles. The molecule has 134 valence electrons. The lowest BCUT2D eigenvalue weighted by atomic mass is 9.87. The molecule has 4 heteroatoms. The second-order valence-electron chi connectivity index (χ2n) is 7.09. The van der Waals surface area contributed by atoms with Gasteiger partial charge in [-0.25, -0.2) is 4.68 Å². The molecule has 1 atom stereocenters. The van der Waals surface area contributed by atoms with Crippen molar-refractivity contribution in [1.29, 1.82) is 0 Å².